The van der Waals surface area contributed by atoms with E-state index in [-0.39, 0.29) is 19.4 Å². The highest BCUT2D eigenvalue weighted by atomic mass is 16.4. The molecule has 9 nitrogen and oxygen atoms in total. The van der Waals surface area contributed by atoms with E-state index in [1.807, 2.05) is 0 Å². The van der Waals surface area contributed by atoms with Crippen molar-refractivity contribution in [1.29, 1.82) is 0 Å². The van der Waals surface area contributed by atoms with Crippen LogP contribution in [0.3, 0.4) is 0 Å². The molecule has 0 rings (SSSR count). The van der Waals surface area contributed by atoms with E-state index in [2.05, 4.69) is 10.6 Å². The third kappa shape index (κ3) is 9.83. The second-order valence-electron chi connectivity index (χ2n) is 4.85. The molecule has 0 aliphatic rings. The van der Waals surface area contributed by atoms with E-state index in [1.165, 1.54) is 0 Å². The number of amides is 2. The smallest absolute Gasteiger partial charge is 0.303 e. The lowest BCUT2D eigenvalue weighted by Gasteiger charge is -2.14. The average molecular weight is 316 g/mol. The molecule has 0 aliphatic heterocycles. The van der Waals surface area contributed by atoms with Crippen LogP contribution < -0.4 is 22.1 Å². The van der Waals surface area contributed by atoms with Crippen LogP contribution >= 0.6 is 0 Å². The predicted molar refractivity (Wildman–Crippen MR) is 78.8 cm³/mol. The number of aliphatic carboxylic acids is 1. The zero-order valence-corrected chi connectivity index (χ0v) is 12.4. The summed E-state index contributed by atoms with van der Waals surface area (Å²) in [5, 5.41) is 13.2. The maximum Gasteiger partial charge on any atom is 0.303 e. The molecule has 2 atom stereocenters. The van der Waals surface area contributed by atoms with Crippen LogP contribution in [0.1, 0.15) is 32.1 Å². The van der Waals surface area contributed by atoms with Gasteiger partial charge in [-0.15, -0.1) is 0 Å². The van der Waals surface area contributed by atoms with Gasteiger partial charge in [0.1, 0.15) is 6.29 Å². The van der Waals surface area contributed by atoms with E-state index in [4.69, 9.17) is 16.6 Å². The molecule has 2 amide bonds. The zero-order valence-electron chi connectivity index (χ0n) is 12.4. The standard InChI is InChI=1S/C13H24N4O5/c14-6-2-1-3-10(15)13(22)16-7-11(19)17-9(8-18)4-5-12(20)21/h8-10H,1-7,14-15H2,(H,16,22)(H,17,19)(H,20,21)/t9-,10-/m0/s1. The van der Waals surface area contributed by atoms with Gasteiger partial charge in [-0.2, -0.15) is 0 Å². The predicted octanol–water partition coefficient (Wildman–Crippen LogP) is -1.89. The van der Waals surface area contributed by atoms with E-state index >= 15 is 0 Å². The molecule has 0 aromatic rings. The molecule has 0 heterocycles. The van der Waals surface area contributed by atoms with Crippen LogP contribution in [0.4, 0.5) is 0 Å². The summed E-state index contributed by atoms with van der Waals surface area (Å²) in [6, 6.07) is -1.60. The Labute approximate surface area is 128 Å². The van der Waals surface area contributed by atoms with E-state index < -0.39 is 29.9 Å². The zero-order chi connectivity index (χ0) is 17.0. The Balaban J connectivity index is 4.02. The number of nitrogens with two attached hydrogens (primary N) is 2. The number of nitrogens with one attached hydrogen (secondary N) is 2. The van der Waals surface area contributed by atoms with Gasteiger partial charge < -0.3 is 32.0 Å². The van der Waals surface area contributed by atoms with E-state index in [0.717, 1.165) is 12.8 Å². The first-order valence-corrected chi connectivity index (χ1v) is 7.10. The Bertz CT molecular complexity index is 389. The molecule has 0 unspecified atom stereocenters. The normalized spacial score (nSPS) is 13.0. The molecule has 0 aliphatic carbocycles. The molecule has 0 saturated heterocycles. The van der Waals surface area contributed by atoms with Crippen LogP contribution in [-0.2, 0) is 19.2 Å². The van der Waals surface area contributed by atoms with Gasteiger partial charge in [-0.05, 0) is 25.8 Å². The first kappa shape index (κ1) is 20.0. The van der Waals surface area contributed by atoms with Crippen molar-refractivity contribution in [2.45, 2.75) is 44.2 Å². The fraction of sp³-hybridized carbons (Fsp3) is 0.692. The molecule has 0 radical (unpaired) electrons. The maximum atomic E-state index is 11.6. The summed E-state index contributed by atoms with van der Waals surface area (Å²) in [6.07, 6.45) is 2.19. The van der Waals surface area contributed by atoms with Gasteiger partial charge in [-0.3, -0.25) is 14.4 Å². The highest BCUT2D eigenvalue weighted by Gasteiger charge is 2.16. The Morgan fingerprint density at radius 2 is 1.86 bits per heavy atom. The fourth-order valence-electron chi connectivity index (χ4n) is 1.65. The van der Waals surface area contributed by atoms with E-state index in [0.29, 0.717) is 19.3 Å². The maximum absolute atomic E-state index is 11.6. The number of hydrogen-bond donors (Lipinski definition) is 5. The minimum Gasteiger partial charge on any atom is -0.481 e. The van der Waals surface area contributed by atoms with Crippen molar-refractivity contribution in [3.05, 3.63) is 0 Å². The Morgan fingerprint density at radius 1 is 1.18 bits per heavy atom. The van der Waals surface area contributed by atoms with Gasteiger partial charge in [-0.25, -0.2) is 0 Å². The highest BCUT2D eigenvalue weighted by molar-refractivity contribution is 5.88. The molecule has 7 N–H and O–H groups in total. The molecule has 126 valence electrons. The van der Waals surface area contributed by atoms with Gasteiger partial charge in [0, 0.05) is 6.42 Å². The first-order valence-electron chi connectivity index (χ1n) is 7.10. The van der Waals surface area contributed by atoms with Crippen LogP contribution in [0.5, 0.6) is 0 Å². The van der Waals surface area contributed by atoms with Crippen LogP contribution in [0.2, 0.25) is 0 Å². The highest BCUT2D eigenvalue weighted by Crippen LogP contribution is 1.98. The summed E-state index contributed by atoms with van der Waals surface area (Å²) in [6.45, 7) is 0.209. The van der Waals surface area contributed by atoms with Gasteiger partial charge in [0.2, 0.25) is 11.8 Å². The Kier molecular flexibility index (Phi) is 10.6. The summed E-state index contributed by atoms with van der Waals surface area (Å²) >= 11 is 0. The second-order valence-corrected chi connectivity index (χ2v) is 4.85. The molecule has 0 aromatic carbocycles. The van der Waals surface area contributed by atoms with Crippen molar-refractivity contribution in [1.82, 2.24) is 10.6 Å². The monoisotopic (exact) mass is 316 g/mol. The molecule has 0 spiro atoms. The van der Waals surface area contributed by atoms with Crippen LogP contribution in [0.15, 0.2) is 0 Å². The minimum absolute atomic E-state index is 0.00285. The summed E-state index contributed by atoms with van der Waals surface area (Å²) in [5.74, 6) is -2.09. The van der Waals surface area contributed by atoms with Gasteiger partial charge >= 0.3 is 5.97 Å². The third-order valence-electron chi connectivity index (χ3n) is 2.91. The number of rotatable bonds is 12. The Hall–Kier alpha value is -2.00. The third-order valence-corrected chi connectivity index (χ3v) is 2.91. The van der Waals surface area contributed by atoms with E-state index in [1.54, 1.807) is 0 Å². The van der Waals surface area contributed by atoms with Crippen molar-refractivity contribution >= 4 is 24.1 Å². The molecule has 9 heteroatoms. The van der Waals surface area contributed by atoms with E-state index in [9.17, 15) is 19.2 Å². The number of carbonyl (C=O) groups excluding carboxylic acids is 3. The second kappa shape index (κ2) is 11.6. The number of aldehydes is 1. The van der Waals surface area contributed by atoms with Crippen molar-refractivity contribution < 1.29 is 24.3 Å². The minimum atomic E-state index is -1.06. The van der Waals surface area contributed by atoms with Crippen LogP contribution in [-0.4, -0.2) is 54.3 Å². The van der Waals surface area contributed by atoms with Crippen LogP contribution in [0, 0.1) is 0 Å². The largest absolute Gasteiger partial charge is 0.481 e. The Morgan fingerprint density at radius 3 is 2.41 bits per heavy atom. The lowest BCUT2D eigenvalue weighted by atomic mass is 10.1. The molecule has 22 heavy (non-hydrogen) atoms. The van der Waals surface area contributed by atoms with Gasteiger partial charge in [0.25, 0.3) is 0 Å². The van der Waals surface area contributed by atoms with Gasteiger partial charge in [-0.1, -0.05) is 6.42 Å². The molecule has 0 fully saturated rings. The van der Waals surface area contributed by atoms with Gasteiger partial charge in [0.15, 0.2) is 0 Å². The van der Waals surface area contributed by atoms with Crippen molar-refractivity contribution in [3.63, 3.8) is 0 Å². The lowest BCUT2D eigenvalue weighted by molar-refractivity contribution is -0.137. The fourth-order valence-corrected chi connectivity index (χ4v) is 1.65. The summed E-state index contributed by atoms with van der Waals surface area (Å²) < 4.78 is 0. The van der Waals surface area contributed by atoms with Crippen molar-refractivity contribution in [3.8, 4) is 0 Å². The number of carbonyl (C=O) groups is 4. The number of unbranched alkanes of at least 4 members (excludes halogenated alkanes) is 1. The summed E-state index contributed by atoms with van der Waals surface area (Å²) in [5.41, 5.74) is 11.0. The molecule has 0 bridgehead atoms. The van der Waals surface area contributed by atoms with Crippen LogP contribution in [0.25, 0.3) is 0 Å². The number of hydrogen-bond acceptors (Lipinski definition) is 6. The molecule has 0 saturated carbocycles. The van der Waals surface area contributed by atoms with Gasteiger partial charge in [0.05, 0.1) is 18.6 Å². The number of carboxylic acids is 1. The molecular weight excluding hydrogens is 292 g/mol. The quantitative estimate of drug-likeness (QED) is 0.207. The molecular formula is C13H24N4O5. The number of carboxylic acid groups (broad SMARTS) is 1. The lowest BCUT2D eigenvalue weighted by Crippen LogP contribution is -2.47. The molecule has 0 aromatic heterocycles. The first-order chi connectivity index (χ1) is 10.4. The average Bonchev–Trinajstić information content (AvgIpc) is 2.48. The summed E-state index contributed by atoms with van der Waals surface area (Å²) in [7, 11) is 0. The summed E-state index contributed by atoms with van der Waals surface area (Å²) in [4.78, 5) is 44.3. The SMILES string of the molecule is NCCCC[C@H](N)C(=O)NCC(=O)N[C@H](C=O)CCC(=O)O. The van der Waals surface area contributed by atoms with Crippen molar-refractivity contribution in [2.24, 2.45) is 11.5 Å². The topological polar surface area (TPSA) is 165 Å². The van der Waals surface area contributed by atoms with Crippen molar-refractivity contribution in [2.75, 3.05) is 13.1 Å².